The number of aromatic nitrogens is 2. The normalized spacial score (nSPS) is 11.9. The van der Waals surface area contributed by atoms with E-state index in [0.717, 1.165) is 33.5 Å². The number of anilines is 1. The van der Waals surface area contributed by atoms with Crippen LogP contribution in [0.1, 0.15) is 33.4 Å². The first-order valence-corrected chi connectivity index (χ1v) is 11.9. The maximum Gasteiger partial charge on any atom is 0.278 e. The number of carbonyl (C=O) groups is 1. The van der Waals surface area contributed by atoms with Gasteiger partial charge in [-0.25, -0.2) is 9.36 Å². The van der Waals surface area contributed by atoms with E-state index in [9.17, 15) is 9.59 Å². The van der Waals surface area contributed by atoms with Gasteiger partial charge < -0.3 is 14.8 Å². The third kappa shape index (κ3) is 3.96. The molecule has 1 aliphatic heterocycles. The lowest BCUT2D eigenvalue weighted by Crippen LogP contribution is -2.28. The fourth-order valence-electron chi connectivity index (χ4n) is 4.74. The van der Waals surface area contributed by atoms with Gasteiger partial charge >= 0.3 is 0 Å². The number of nitrogens with one attached hydrogen (secondary N) is 1. The average Bonchev–Trinajstić information content (AvgIpc) is 3.10. The summed E-state index contributed by atoms with van der Waals surface area (Å²) in [5.41, 5.74) is 6.73. The molecule has 0 spiro atoms. The van der Waals surface area contributed by atoms with E-state index < -0.39 is 0 Å². The van der Waals surface area contributed by atoms with Crippen molar-refractivity contribution in [3.63, 3.8) is 0 Å². The zero-order valence-corrected chi connectivity index (χ0v) is 21.1. The molecule has 7 heteroatoms. The Labute approximate surface area is 209 Å². The predicted octanol–water partition coefficient (Wildman–Crippen LogP) is 5.22. The van der Waals surface area contributed by atoms with Crippen molar-refractivity contribution >= 4 is 11.6 Å². The summed E-state index contributed by atoms with van der Waals surface area (Å²) in [6.07, 6.45) is 0.386. The van der Waals surface area contributed by atoms with Gasteiger partial charge in [0.2, 0.25) is 11.8 Å². The summed E-state index contributed by atoms with van der Waals surface area (Å²) >= 11 is 0. The smallest absolute Gasteiger partial charge is 0.278 e. The molecule has 0 atom stereocenters. The number of para-hydroxylation sites is 1. The van der Waals surface area contributed by atoms with Gasteiger partial charge in [0.25, 0.3) is 5.56 Å². The minimum atomic E-state index is -0.255. The molecule has 36 heavy (non-hydrogen) atoms. The van der Waals surface area contributed by atoms with E-state index in [2.05, 4.69) is 5.32 Å². The molecule has 0 fully saturated rings. The minimum absolute atomic E-state index is 0.101. The second-order valence-corrected chi connectivity index (χ2v) is 9.27. The highest BCUT2D eigenvalue weighted by Crippen LogP contribution is 2.42. The van der Waals surface area contributed by atoms with Gasteiger partial charge in [0.1, 0.15) is 6.54 Å². The molecule has 3 aromatic carbocycles. The number of rotatable bonds is 5. The van der Waals surface area contributed by atoms with E-state index >= 15 is 0 Å². The highest BCUT2D eigenvalue weighted by atomic mass is 16.5. The number of ether oxygens (including phenoxy) is 2. The van der Waals surface area contributed by atoms with Crippen molar-refractivity contribution < 1.29 is 14.3 Å². The predicted molar refractivity (Wildman–Crippen MR) is 140 cm³/mol. The lowest BCUT2D eigenvalue weighted by molar-refractivity contribution is -0.117. The number of fused-ring (bicyclic) bond motifs is 2. The van der Waals surface area contributed by atoms with Crippen molar-refractivity contribution in [1.29, 1.82) is 0 Å². The number of carbonyl (C=O) groups excluding carboxylic acids is 1. The Morgan fingerprint density at radius 3 is 2.56 bits per heavy atom. The average molecular weight is 484 g/mol. The molecule has 2 heterocycles. The Balaban J connectivity index is 1.63. The largest absolute Gasteiger partial charge is 0.493 e. The molecule has 1 N–H and O–H groups in total. The van der Waals surface area contributed by atoms with Crippen LogP contribution in [-0.2, 0) is 17.8 Å². The molecule has 1 aromatic heterocycles. The first-order valence-electron chi connectivity index (χ1n) is 11.9. The number of methoxy groups -OCH3 is 1. The van der Waals surface area contributed by atoms with Crippen molar-refractivity contribution in [3.8, 4) is 23.1 Å². The minimum Gasteiger partial charge on any atom is -0.493 e. The van der Waals surface area contributed by atoms with Crippen LogP contribution < -0.4 is 20.3 Å². The van der Waals surface area contributed by atoms with Crippen molar-refractivity contribution in [2.24, 2.45) is 0 Å². The molecule has 4 aromatic rings. The fraction of sp³-hybridized carbons (Fsp3) is 0.241. The van der Waals surface area contributed by atoms with Crippen LogP contribution >= 0.6 is 0 Å². The van der Waals surface area contributed by atoms with Gasteiger partial charge in [0.05, 0.1) is 18.4 Å². The van der Waals surface area contributed by atoms with Crippen LogP contribution in [0, 0.1) is 27.7 Å². The van der Waals surface area contributed by atoms with Crippen molar-refractivity contribution in [2.75, 3.05) is 12.4 Å². The lowest BCUT2D eigenvalue weighted by Gasteiger charge is -2.21. The van der Waals surface area contributed by atoms with E-state index in [-0.39, 0.29) is 18.0 Å². The molecular formula is C29H29N3O4. The Morgan fingerprint density at radius 1 is 1.03 bits per heavy atom. The maximum atomic E-state index is 13.8. The van der Waals surface area contributed by atoms with Crippen LogP contribution in [0.5, 0.6) is 17.4 Å². The molecule has 0 aliphatic carbocycles. The zero-order valence-electron chi connectivity index (χ0n) is 21.1. The highest BCUT2D eigenvalue weighted by Gasteiger charge is 2.31. The Kier molecular flexibility index (Phi) is 5.92. The molecule has 0 saturated heterocycles. The number of benzene rings is 3. The van der Waals surface area contributed by atoms with Gasteiger partial charge in [0, 0.05) is 17.7 Å². The maximum absolute atomic E-state index is 13.8. The van der Waals surface area contributed by atoms with Gasteiger partial charge in [-0.05, 0) is 62.6 Å². The fourth-order valence-corrected chi connectivity index (χ4v) is 4.74. The number of nitrogens with zero attached hydrogens (tertiary/aromatic N) is 2. The first-order chi connectivity index (χ1) is 17.3. The lowest BCUT2D eigenvalue weighted by atomic mass is 10.0. The van der Waals surface area contributed by atoms with E-state index in [4.69, 9.17) is 9.47 Å². The SMILES string of the molecule is COc1cccc2c1Oc1c(c(=O)n(-c3ccc(C)cc3C)n1CC(=O)Nc1cccc(C)c1C)C2. The van der Waals surface area contributed by atoms with Crippen LogP contribution in [-0.4, -0.2) is 22.4 Å². The molecule has 0 radical (unpaired) electrons. The van der Waals surface area contributed by atoms with Crippen molar-refractivity contribution in [1.82, 2.24) is 9.36 Å². The number of hydrogen-bond acceptors (Lipinski definition) is 4. The van der Waals surface area contributed by atoms with Gasteiger partial charge in [-0.15, -0.1) is 0 Å². The molecule has 184 valence electrons. The van der Waals surface area contributed by atoms with Crippen LogP contribution in [0.15, 0.2) is 59.4 Å². The van der Waals surface area contributed by atoms with Crippen LogP contribution in [0.2, 0.25) is 0 Å². The van der Waals surface area contributed by atoms with Gasteiger partial charge in [-0.2, -0.15) is 0 Å². The van der Waals surface area contributed by atoms with Gasteiger partial charge in [-0.3, -0.25) is 9.59 Å². The third-order valence-electron chi connectivity index (χ3n) is 6.78. The third-order valence-corrected chi connectivity index (χ3v) is 6.78. The molecule has 1 amide bonds. The topological polar surface area (TPSA) is 74.5 Å². The second kappa shape index (κ2) is 9.07. The summed E-state index contributed by atoms with van der Waals surface area (Å²) < 4.78 is 15.0. The number of hydrogen-bond donors (Lipinski definition) is 1. The summed E-state index contributed by atoms with van der Waals surface area (Å²) in [6.45, 7) is 7.84. The molecule has 1 aliphatic rings. The first kappa shape index (κ1) is 23.5. The van der Waals surface area contributed by atoms with E-state index in [1.54, 1.807) is 16.5 Å². The Bertz CT molecular complexity index is 1560. The Morgan fingerprint density at radius 2 is 1.81 bits per heavy atom. The highest BCUT2D eigenvalue weighted by molar-refractivity contribution is 5.91. The van der Waals surface area contributed by atoms with Crippen LogP contribution in [0.25, 0.3) is 5.69 Å². The van der Waals surface area contributed by atoms with Gasteiger partial charge in [0.15, 0.2) is 11.5 Å². The van der Waals surface area contributed by atoms with Crippen LogP contribution in [0.3, 0.4) is 0 Å². The summed E-state index contributed by atoms with van der Waals surface area (Å²) in [7, 11) is 1.58. The summed E-state index contributed by atoms with van der Waals surface area (Å²) in [6, 6.07) is 17.3. The molecule has 7 nitrogen and oxygen atoms in total. The summed E-state index contributed by atoms with van der Waals surface area (Å²) in [5.74, 6) is 1.24. The monoisotopic (exact) mass is 483 g/mol. The van der Waals surface area contributed by atoms with Crippen molar-refractivity contribution in [3.05, 3.63) is 98.3 Å². The summed E-state index contributed by atoms with van der Waals surface area (Å²) in [4.78, 5) is 27.1. The van der Waals surface area contributed by atoms with Crippen molar-refractivity contribution in [2.45, 2.75) is 40.7 Å². The summed E-state index contributed by atoms with van der Waals surface area (Å²) in [5, 5.41) is 3.00. The van der Waals surface area contributed by atoms with E-state index in [1.807, 2.05) is 82.3 Å². The molecule has 0 saturated carbocycles. The zero-order chi connectivity index (χ0) is 25.6. The van der Waals surface area contributed by atoms with Gasteiger partial charge in [-0.1, -0.05) is 42.0 Å². The second-order valence-electron chi connectivity index (χ2n) is 9.27. The Hall–Kier alpha value is -4.26. The molecule has 0 bridgehead atoms. The van der Waals surface area contributed by atoms with Crippen LogP contribution in [0.4, 0.5) is 5.69 Å². The standard InChI is InChI=1S/C29H29N3O4/c1-17-12-13-24(19(3)14-17)32-28(34)22-15-21-9-7-11-25(35-5)27(21)36-29(22)31(32)16-26(33)30-23-10-6-8-18(2)20(23)4/h6-14H,15-16H2,1-5H3,(H,30,33). The van der Waals surface area contributed by atoms with E-state index in [0.29, 0.717) is 35.1 Å². The molecule has 0 unspecified atom stereocenters. The molecular weight excluding hydrogens is 454 g/mol. The molecule has 5 rings (SSSR count). The quantitative estimate of drug-likeness (QED) is 0.372. The number of amides is 1. The number of aryl methyl sites for hydroxylation is 3. The van der Waals surface area contributed by atoms with E-state index in [1.165, 1.54) is 0 Å².